The maximum atomic E-state index is 4.22. The highest BCUT2D eigenvalue weighted by atomic mass is 15.0. The van der Waals surface area contributed by atoms with E-state index in [0.717, 1.165) is 6.54 Å². The van der Waals surface area contributed by atoms with Crippen LogP contribution in [0.3, 0.4) is 0 Å². The summed E-state index contributed by atoms with van der Waals surface area (Å²) in [5.74, 6) is 1.31. The molecule has 1 aliphatic rings. The van der Waals surface area contributed by atoms with E-state index in [4.69, 9.17) is 0 Å². The SMILES string of the molecule is CC1(C)CC[C@@H](/C=C/c2ccc3ccccc3c2)[C@H](Cn2ccnc2)C1. The average molecular weight is 345 g/mol. The van der Waals surface area contributed by atoms with Crippen LogP contribution in [0.4, 0.5) is 0 Å². The minimum atomic E-state index is 0.443. The molecule has 2 atom stereocenters. The Morgan fingerprint density at radius 3 is 2.81 bits per heavy atom. The maximum absolute atomic E-state index is 4.22. The fourth-order valence-electron chi connectivity index (χ4n) is 4.42. The van der Waals surface area contributed by atoms with Crippen LogP contribution in [0.1, 0.15) is 38.7 Å². The molecule has 2 aromatic carbocycles. The first kappa shape index (κ1) is 17.1. The van der Waals surface area contributed by atoms with E-state index in [9.17, 15) is 0 Å². The second-order valence-corrected chi connectivity index (χ2v) is 8.56. The predicted octanol–water partition coefficient (Wildman–Crippen LogP) is 6.19. The highest BCUT2D eigenvalue weighted by Gasteiger charge is 2.33. The summed E-state index contributed by atoms with van der Waals surface area (Å²) in [6.07, 6.45) is 14.6. The van der Waals surface area contributed by atoms with E-state index in [2.05, 4.69) is 84.2 Å². The van der Waals surface area contributed by atoms with E-state index in [-0.39, 0.29) is 0 Å². The number of aromatic nitrogens is 2. The zero-order chi connectivity index (χ0) is 18.0. The Labute approximate surface area is 156 Å². The minimum Gasteiger partial charge on any atom is -0.337 e. The molecule has 4 rings (SSSR count). The lowest BCUT2D eigenvalue weighted by Crippen LogP contribution is -2.31. The van der Waals surface area contributed by atoms with Crippen molar-refractivity contribution in [3.05, 3.63) is 72.8 Å². The van der Waals surface area contributed by atoms with E-state index in [1.54, 1.807) is 0 Å². The summed E-state index contributed by atoms with van der Waals surface area (Å²) < 4.78 is 2.24. The number of hydrogen-bond acceptors (Lipinski definition) is 1. The molecule has 1 aliphatic carbocycles. The first-order valence-corrected chi connectivity index (χ1v) is 9.72. The van der Waals surface area contributed by atoms with Crippen molar-refractivity contribution in [2.24, 2.45) is 17.3 Å². The third-order valence-corrected chi connectivity index (χ3v) is 5.89. The van der Waals surface area contributed by atoms with Crippen molar-refractivity contribution in [3.63, 3.8) is 0 Å². The Kier molecular flexibility index (Phi) is 4.67. The minimum absolute atomic E-state index is 0.443. The Bertz CT molecular complexity index is 889. The molecule has 0 spiro atoms. The molecule has 0 aliphatic heterocycles. The van der Waals surface area contributed by atoms with Gasteiger partial charge in [-0.2, -0.15) is 0 Å². The summed E-state index contributed by atoms with van der Waals surface area (Å²) >= 11 is 0. The van der Waals surface area contributed by atoms with Gasteiger partial charge in [0.05, 0.1) is 6.33 Å². The standard InChI is InChI=1S/C24H28N2/c1-24(2)12-11-21(23(16-24)17-26-14-13-25-18-26)10-8-19-7-9-20-5-3-4-6-22(20)15-19/h3-10,13-15,18,21,23H,11-12,16-17H2,1-2H3/b10-8+/t21-,23+/m1/s1. The van der Waals surface area contributed by atoms with Crippen molar-refractivity contribution >= 4 is 16.8 Å². The van der Waals surface area contributed by atoms with Gasteiger partial charge in [0, 0.05) is 18.9 Å². The molecule has 0 N–H and O–H groups in total. The molecular weight excluding hydrogens is 316 g/mol. The number of imidazole rings is 1. The second-order valence-electron chi connectivity index (χ2n) is 8.56. The molecule has 1 fully saturated rings. The van der Waals surface area contributed by atoms with Crippen LogP contribution in [-0.4, -0.2) is 9.55 Å². The zero-order valence-electron chi connectivity index (χ0n) is 15.8. The van der Waals surface area contributed by atoms with Gasteiger partial charge in [0.1, 0.15) is 0 Å². The van der Waals surface area contributed by atoms with Crippen LogP contribution < -0.4 is 0 Å². The molecule has 1 saturated carbocycles. The van der Waals surface area contributed by atoms with Gasteiger partial charge in [0.15, 0.2) is 0 Å². The van der Waals surface area contributed by atoms with Gasteiger partial charge < -0.3 is 4.57 Å². The third kappa shape index (κ3) is 3.90. The van der Waals surface area contributed by atoms with Crippen LogP contribution in [0.15, 0.2) is 67.3 Å². The van der Waals surface area contributed by atoms with Crippen LogP contribution in [0.25, 0.3) is 16.8 Å². The normalized spacial score (nSPS) is 22.8. The number of nitrogens with zero attached hydrogens (tertiary/aromatic N) is 2. The van der Waals surface area contributed by atoms with Gasteiger partial charge in [0.25, 0.3) is 0 Å². The largest absolute Gasteiger partial charge is 0.337 e. The molecule has 2 nitrogen and oxygen atoms in total. The Morgan fingerprint density at radius 2 is 2.00 bits per heavy atom. The van der Waals surface area contributed by atoms with Crippen molar-refractivity contribution in [1.82, 2.24) is 9.55 Å². The molecule has 1 aromatic heterocycles. The van der Waals surface area contributed by atoms with E-state index in [1.807, 2.05) is 12.5 Å². The molecule has 0 bridgehead atoms. The van der Waals surface area contributed by atoms with E-state index >= 15 is 0 Å². The Morgan fingerprint density at radius 1 is 1.15 bits per heavy atom. The quantitative estimate of drug-likeness (QED) is 0.551. The van der Waals surface area contributed by atoms with Crippen molar-refractivity contribution in [3.8, 4) is 0 Å². The lowest BCUT2D eigenvalue weighted by molar-refractivity contribution is 0.129. The highest BCUT2D eigenvalue weighted by Crippen LogP contribution is 2.43. The first-order valence-electron chi connectivity index (χ1n) is 9.72. The third-order valence-electron chi connectivity index (χ3n) is 5.89. The number of fused-ring (bicyclic) bond motifs is 1. The van der Waals surface area contributed by atoms with Gasteiger partial charge in [-0.05, 0) is 58.9 Å². The van der Waals surface area contributed by atoms with E-state index in [0.29, 0.717) is 17.3 Å². The predicted molar refractivity (Wildman–Crippen MR) is 110 cm³/mol. The molecule has 0 amide bonds. The van der Waals surface area contributed by atoms with Gasteiger partial charge in [-0.15, -0.1) is 0 Å². The van der Waals surface area contributed by atoms with Crippen LogP contribution >= 0.6 is 0 Å². The van der Waals surface area contributed by atoms with Crippen molar-refractivity contribution in [2.75, 3.05) is 0 Å². The van der Waals surface area contributed by atoms with Crippen molar-refractivity contribution < 1.29 is 0 Å². The van der Waals surface area contributed by atoms with Gasteiger partial charge in [-0.3, -0.25) is 0 Å². The van der Waals surface area contributed by atoms with Crippen LogP contribution in [-0.2, 0) is 6.54 Å². The summed E-state index contributed by atoms with van der Waals surface area (Å²) in [7, 11) is 0. The number of rotatable bonds is 4. The van der Waals surface area contributed by atoms with Gasteiger partial charge >= 0.3 is 0 Å². The summed E-state index contributed by atoms with van der Waals surface area (Å²) in [6.45, 7) is 5.89. The smallest absolute Gasteiger partial charge is 0.0946 e. The Hall–Kier alpha value is -2.35. The summed E-state index contributed by atoms with van der Waals surface area (Å²) in [5.41, 5.74) is 1.74. The highest BCUT2D eigenvalue weighted by molar-refractivity contribution is 5.84. The van der Waals surface area contributed by atoms with Crippen LogP contribution in [0.2, 0.25) is 0 Å². The molecule has 0 radical (unpaired) electrons. The van der Waals surface area contributed by atoms with Gasteiger partial charge in [-0.25, -0.2) is 4.98 Å². The van der Waals surface area contributed by atoms with Crippen molar-refractivity contribution in [1.29, 1.82) is 0 Å². The number of hydrogen-bond donors (Lipinski definition) is 0. The monoisotopic (exact) mass is 344 g/mol. The van der Waals surface area contributed by atoms with Gasteiger partial charge in [0.2, 0.25) is 0 Å². The lowest BCUT2D eigenvalue weighted by atomic mass is 9.67. The fraction of sp³-hybridized carbons (Fsp3) is 0.375. The number of allylic oxidation sites excluding steroid dienone is 1. The molecule has 26 heavy (non-hydrogen) atoms. The number of benzene rings is 2. The van der Waals surface area contributed by atoms with Crippen LogP contribution in [0.5, 0.6) is 0 Å². The first-order chi connectivity index (χ1) is 12.6. The lowest BCUT2D eigenvalue weighted by Gasteiger charge is -2.40. The molecule has 1 heterocycles. The van der Waals surface area contributed by atoms with Crippen LogP contribution in [0, 0.1) is 17.3 Å². The molecule has 3 aromatic rings. The van der Waals surface area contributed by atoms with E-state index < -0.39 is 0 Å². The molecule has 2 heteroatoms. The zero-order valence-corrected chi connectivity index (χ0v) is 15.8. The molecule has 0 unspecified atom stereocenters. The molecular formula is C24H28N2. The summed E-state index contributed by atoms with van der Waals surface area (Å²) in [6, 6.07) is 15.3. The summed E-state index contributed by atoms with van der Waals surface area (Å²) in [5, 5.41) is 2.62. The second kappa shape index (κ2) is 7.11. The Balaban J connectivity index is 1.54. The molecule has 134 valence electrons. The van der Waals surface area contributed by atoms with Crippen molar-refractivity contribution in [2.45, 2.75) is 39.7 Å². The average Bonchev–Trinajstić information content (AvgIpc) is 3.13. The maximum Gasteiger partial charge on any atom is 0.0946 e. The van der Waals surface area contributed by atoms with E-state index in [1.165, 1.54) is 35.6 Å². The summed E-state index contributed by atoms with van der Waals surface area (Å²) in [4.78, 5) is 4.22. The molecule has 0 saturated heterocycles. The topological polar surface area (TPSA) is 17.8 Å². The fourth-order valence-corrected chi connectivity index (χ4v) is 4.42. The van der Waals surface area contributed by atoms with Gasteiger partial charge in [-0.1, -0.05) is 62.4 Å².